The number of rotatable bonds is 3. The van der Waals surface area contributed by atoms with Gasteiger partial charge in [0.05, 0.1) is 5.92 Å². The summed E-state index contributed by atoms with van der Waals surface area (Å²) in [6.07, 6.45) is 0. The standard InChI is InChI=1S/C10H14O2S/c1-6-4-9(5-13-6)7(2)8(3)10(11)12/h4-5,7-8H,1-3H3,(H,11,12). The van der Waals surface area contributed by atoms with Crippen LogP contribution in [0.4, 0.5) is 0 Å². The summed E-state index contributed by atoms with van der Waals surface area (Å²) in [4.78, 5) is 12.0. The zero-order chi connectivity index (χ0) is 10.0. The quantitative estimate of drug-likeness (QED) is 0.810. The molecule has 0 radical (unpaired) electrons. The highest BCUT2D eigenvalue weighted by molar-refractivity contribution is 7.10. The molecular formula is C10H14O2S. The van der Waals surface area contributed by atoms with Gasteiger partial charge in [0.2, 0.25) is 0 Å². The molecule has 2 unspecified atom stereocenters. The van der Waals surface area contributed by atoms with Crippen LogP contribution in [0.15, 0.2) is 11.4 Å². The van der Waals surface area contributed by atoms with Crippen molar-refractivity contribution in [2.75, 3.05) is 0 Å². The Morgan fingerprint density at radius 3 is 2.54 bits per heavy atom. The van der Waals surface area contributed by atoms with E-state index in [0.717, 1.165) is 5.56 Å². The first kappa shape index (κ1) is 10.3. The molecule has 72 valence electrons. The number of carboxylic acid groups (broad SMARTS) is 1. The summed E-state index contributed by atoms with van der Waals surface area (Å²) in [6, 6.07) is 2.06. The second-order valence-corrected chi connectivity index (χ2v) is 4.52. The summed E-state index contributed by atoms with van der Waals surface area (Å²) >= 11 is 1.67. The summed E-state index contributed by atoms with van der Waals surface area (Å²) in [5.41, 5.74) is 1.14. The first-order chi connectivity index (χ1) is 6.02. The van der Waals surface area contributed by atoms with Crippen molar-refractivity contribution in [3.05, 3.63) is 21.9 Å². The molecule has 0 saturated heterocycles. The lowest BCUT2D eigenvalue weighted by molar-refractivity contribution is -0.141. The molecule has 0 bridgehead atoms. The molecule has 1 heterocycles. The molecule has 0 aliphatic carbocycles. The highest BCUT2D eigenvalue weighted by Crippen LogP contribution is 2.27. The smallest absolute Gasteiger partial charge is 0.306 e. The molecule has 13 heavy (non-hydrogen) atoms. The third-order valence-corrected chi connectivity index (χ3v) is 3.30. The molecule has 0 saturated carbocycles. The van der Waals surface area contributed by atoms with Gasteiger partial charge in [-0.1, -0.05) is 13.8 Å². The van der Waals surface area contributed by atoms with E-state index in [0.29, 0.717) is 0 Å². The number of carboxylic acids is 1. The van der Waals surface area contributed by atoms with Crippen LogP contribution in [0.25, 0.3) is 0 Å². The van der Waals surface area contributed by atoms with Crippen molar-refractivity contribution in [3.8, 4) is 0 Å². The van der Waals surface area contributed by atoms with Crippen molar-refractivity contribution in [1.82, 2.24) is 0 Å². The monoisotopic (exact) mass is 198 g/mol. The minimum absolute atomic E-state index is 0.0995. The second-order valence-electron chi connectivity index (χ2n) is 3.41. The lowest BCUT2D eigenvalue weighted by Gasteiger charge is -2.13. The van der Waals surface area contributed by atoms with Crippen LogP contribution in [0, 0.1) is 12.8 Å². The predicted octanol–water partition coefficient (Wildman–Crippen LogP) is 2.88. The number of aryl methyl sites for hydroxylation is 1. The Morgan fingerprint density at radius 2 is 2.15 bits per heavy atom. The lowest BCUT2D eigenvalue weighted by Crippen LogP contribution is -2.16. The fourth-order valence-electron chi connectivity index (χ4n) is 1.21. The van der Waals surface area contributed by atoms with Crippen molar-refractivity contribution in [2.24, 2.45) is 5.92 Å². The van der Waals surface area contributed by atoms with Crippen LogP contribution in [0.1, 0.15) is 30.2 Å². The minimum atomic E-state index is -0.726. The van der Waals surface area contributed by atoms with Gasteiger partial charge in [0.1, 0.15) is 0 Å². The minimum Gasteiger partial charge on any atom is -0.481 e. The van der Waals surface area contributed by atoms with Crippen LogP contribution in [0.3, 0.4) is 0 Å². The third-order valence-electron chi connectivity index (χ3n) is 2.42. The Balaban J connectivity index is 2.78. The summed E-state index contributed by atoms with van der Waals surface area (Å²) in [7, 11) is 0. The Labute approximate surface area is 82.2 Å². The van der Waals surface area contributed by atoms with Gasteiger partial charge in [0.15, 0.2) is 0 Å². The van der Waals surface area contributed by atoms with Crippen LogP contribution >= 0.6 is 11.3 Å². The fourth-order valence-corrected chi connectivity index (χ4v) is 2.01. The number of carbonyl (C=O) groups is 1. The summed E-state index contributed by atoms with van der Waals surface area (Å²) in [5.74, 6) is -0.937. The molecule has 0 aromatic carbocycles. The van der Waals surface area contributed by atoms with E-state index >= 15 is 0 Å². The molecule has 3 heteroatoms. The van der Waals surface area contributed by atoms with Crippen molar-refractivity contribution >= 4 is 17.3 Å². The normalized spacial score (nSPS) is 15.3. The van der Waals surface area contributed by atoms with Crippen molar-refractivity contribution < 1.29 is 9.90 Å². The molecule has 0 spiro atoms. The first-order valence-corrected chi connectivity index (χ1v) is 5.18. The Bertz CT molecular complexity index is 304. The molecule has 0 amide bonds. The van der Waals surface area contributed by atoms with E-state index in [9.17, 15) is 4.79 Å². The van der Waals surface area contributed by atoms with Crippen LogP contribution < -0.4 is 0 Å². The third kappa shape index (κ3) is 2.31. The summed E-state index contributed by atoms with van der Waals surface area (Å²) in [6.45, 7) is 5.74. The van der Waals surface area contributed by atoms with E-state index in [2.05, 4.69) is 6.07 Å². The number of hydrogen-bond acceptors (Lipinski definition) is 2. The predicted molar refractivity (Wildman–Crippen MR) is 54.3 cm³/mol. The van der Waals surface area contributed by atoms with Crippen LogP contribution in [0.2, 0.25) is 0 Å². The number of hydrogen-bond donors (Lipinski definition) is 1. The Hall–Kier alpha value is -0.830. The molecule has 1 N–H and O–H groups in total. The number of thiophene rings is 1. The molecule has 0 aliphatic heterocycles. The van der Waals surface area contributed by atoms with Gasteiger partial charge in [-0.2, -0.15) is 0 Å². The van der Waals surface area contributed by atoms with Crippen molar-refractivity contribution in [2.45, 2.75) is 26.7 Å². The largest absolute Gasteiger partial charge is 0.481 e. The maximum absolute atomic E-state index is 10.7. The second kappa shape index (κ2) is 3.92. The van der Waals surface area contributed by atoms with Gasteiger partial charge < -0.3 is 5.11 Å². The summed E-state index contributed by atoms with van der Waals surface area (Å²) < 4.78 is 0. The van der Waals surface area contributed by atoms with Gasteiger partial charge in [-0.05, 0) is 29.9 Å². The van der Waals surface area contributed by atoms with Gasteiger partial charge in [-0.15, -0.1) is 11.3 Å². The maximum atomic E-state index is 10.7. The maximum Gasteiger partial charge on any atom is 0.306 e. The zero-order valence-corrected chi connectivity index (χ0v) is 8.89. The van der Waals surface area contributed by atoms with E-state index in [1.165, 1.54) is 4.88 Å². The van der Waals surface area contributed by atoms with Gasteiger partial charge in [0, 0.05) is 4.88 Å². The fraction of sp³-hybridized carbons (Fsp3) is 0.500. The van der Waals surface area contributed by atoms with Crippen molar-refractivity contribution in [3.63, 3.8) is 0 Å². The van der Waals surface area contributed by atoms with E-state index in [-0.39, 0.29) is 11.8 Å². The molecular weight excluding hydrogens is 184 g/mol. The zero-order valence-electron chi connectivity index (χ0n) is 8.07. The van der Waals surface area contributed by atoms with Crippen LogP contribution in [-0.2, 0) is 4.79 Å². The van der Waals surface area contributed by atoms with E-state index in [4.69, 9.17) is 5.11 Å². The van der Waals surface area contributed by atoms with Gasteiger partial charge >= 0.3 is 5.97 Å². The lowest BCUT2D eigenvalue weighted by atomic mass is 9.91. The van der Waals surface area contributed by atoms with E-state index < -0.39 is 5.97 Å². The Kier molecular flexibility index (Phi) is 3.09. The highest BCUT2D eigenvalue weighted by atomic mass is 32.1. The molecule has 2 atom stereocenters. The topological polar surface area (TPSA) is 37.3 Å². The molecule has 1 aromatic heterocycles. The molecule has 2 nitrogen and oxygen atoms in total. The average Bonchev–Trinajstić information content (AvgIpc) is 2.49. The van der Waals surface area contributed by atoms with E-state index in [1.807, 2.05) is 19.2 Å². The molecule has 0 aliphatic rings. The van der Waals surface area contributed by atoms with Gasteiger partial charge in [-0.3, -0.25) is 4.79 Å². The first-order valence-electron chi connectivity index (χ1n) is 4.30. The van der Waals surface area contributed by atoms with Crippen LogP contribution in [0.5, 0.6) is 0 Å². The highest BCUT2D eigenvalue weighted by Gasteiger charge is 2.21. The molecule has 1 rings (SSSR count). The number of aliphatic carboxylic acids is 1. The van der Waals surface area contributed by atoms with Gasteiger partial charge in [0.25, 0.3) is 0 Å². The molecule has 0 fully saturated rings. The average molecular weight is 198 g/mol. The van der Waals surface area contributed by atoms with Gasteiger partial charge in [-0.25, -0.2) is 0 Å². The summed E-state index contributed by atoms with van der Waals surface area (Å²) in [5, 5.41) is 10.9. The SMILES string of the molecule is Cc1cc(C(C)C(C)C(=O)O)cs1. The van der Waals surface area contributed by atoms with Crippen LogP contribution in [-0.4, -0.2) is 11.1 Å². The van der Waals surface area contributed by atoms with E-state index in [1.54, 1.807) is 18.3 Å². The Morgan fingerprint density at radius 1 is 1.54 bits per heavy atom. The molecule has 1 aromatic rings. The van der Waals surface area contributed by atoms with Crippen molar-refractivity contribution in [1.29, 1.82) is 0 Å².